The van der Waals surface area contributed by atoms with Crippen LogP contribution in [0.3, 0.4) is 0 Å². The van der Waals surface area contributed by atoms with Gasteiger partial charge in [0.15, 0.2) is 11.7 Å². The molecule has 0 fully saturated rings. The Bertz CT molecular complexity index is 735. The second-order valence-electron chi connectivity index (χ2n) is 5.65. The average Bonchev–Trinajstić information content (AvgIpc) is 3.13. The summed E-state index contributed by atoms with van der Waals surface area (Å²) in [5.74, 6) is 0.350. The number of likely N-dealkylation sites (N-methyl/N-ethyl adjacent to an activating group) is 1. The second-order valence-corrected chi connectivity index (χ2v) is 5.65. The lowest BCUT2D eigenvalue weighted by Crippen LogP contribution is -2.32. The predicted molar refractivity (Wildman–Crippen MR) is 113 cm³/mol. The minimum Gasteiger partial charge on any atom is -0.468 e. The lowest BCUT2D eigenvalue weighted by Gasteiger charge is -2.26. The minimum atomic E-state index is -4.79. The quantitative estimate of drug-likeness (QED) is 0.307. The van der Waals surface area contributed by atoms with Crippen molar-refractivity contribution < 1.29 is 22.3 Å². The molecule has 0 aliphatic carbocycles. The molecule has 3 N–H and O–H groups in total. The Morgan fingerprint density at radius 2 is 1.89 bits per heavy atom. The molecule has 156 valence electrons. The number of halogens is 4. The van der Waals surface area contributed by atoms with Crippen LogP contribution in [-0.4, -0.2) is 36.9 Å². The van der Waals surface area contributed by atoms with Crippen molar-refractivity contribution in [2.45, 2.75) is 26.3 Å². The number of aliphatic imine (C=N–C) groups is 1. The molecule has 2 rings (SSSR count). The van der Waals surface area contributed by atoms with E-state index in [0.29, 0.717) is 0 Å². The third-order valence-electron chi connectivity index (χ3n) is 3.93. The van der Waals surface area contributed by atoms with E-state index in [0.717, 1.165) is 18.8 Å². The molecule has 28 heavy (non-hydrogen) atoms. The fraction of sp³-hybridized carbons (Fsp3) is 0.389. The highest BCUT2D eigenvalue weighted by molar-refractivity contribution is 14.0. The predicted octanol–water partition coefficient (Wildman–Crippen LogP) is 4.61. The molecule has 1 aromatic carbocycles. The van der Waals surface area contributed by atoms with Gasteiger partial charge in [-0.3, -0.25) is 9.89 Å². The molecule has 1 unspecified atom stereocenters. The number of nitrogens with zero attached hydrogens (tertiary/aromatic N) is 2. The summed E-state index contributed by atoms with van der Waals surface area (Å²) in [6.45, 7) is 5.90. The van der Waals surface area contributed by atoms with E-state index < -0.39 is 6.36 Å². The number of nitrogens with one attached hydrogen (secondary N) is 1. The molecule has 2 aromatic rings. The third kappa shape index (κ3) is 7.23. The first-order valence-electron chi connectivity index (χ1n) is 8.53. The number of para-hydroxylation sites is 2. The van der Waals surface area contributed by atoms with E-state index in [9.17, 15) is 13.2 Å². The van der Waals surface area contributed by atoms with Gasteiger partial charge >= 0.3 is 6.36 Å². The number of nitrogens with two attached hydrogens (primary N) is 1. The fourth-order valence-electron chi connectivity index (χ4n) is 2.68. The smallest absolute Gasteiger partial charge is 0.468 e. The van der Waals surface area contributed by atoms with E-state index in [1.807, 2.05) is 19.9 Å². The zero-order valence-electron chi connectivity index (χ0n) is 15.6. The fourth-order valence-corrected chi connectivity index (χ4v) is 2.68. The van der Waals surface area contributed by atoms with Crippen LogP contribution in [0, 0.1) is 0 Å². The molecule has 0 radical (unpaired) electrons. The monoisotopic (exact) mass is 512 g/mol. The van der Waals surface area contributed by atoms with Gasteiger partial charge in [-0.2, -0.15) is 0 Å². The van der Waals surface area contributed by atoms with Crippen molar-refractivity contribution in [1.82, 2.24) is 4.90 Å². The van der Waals surface area contributed by atoms with Crippen molar-refractivity contribution in [3.63, 3.8) is 0 Å². The van der Waals surface area contributed by atoms with Crippen LogP contribution in [-0.2, 0) is 0 Å². The van der Waals surface area contributed by atoms with Crippen LogP contribution in [0.4, 0.5) is 18.9 Å². The van der Waals surface area contributed by atoms with Crippen molar-refractivity contribution in [1.29, 1.82) is 0 Å². The molecular weight excluding hydrogens is 488 g/mol. The van der Waals surface area contributed by atoms with E-state index in [1.165, 1.54) is 18.2 Å². The molecule has 10 heteroatoms. The average molecular weight is 512 g/mol. The maximum atomic E-state index is 12.5. The lowest BCUT2D eigenvalue weighted by molar-refractivity contribution is -0.274. The zero-order valence-corrected chi connectivity index (χ0v) is 17.9. The maximum Gasteiger partial charge on any atom is 0.573 e. The van der Waals surface area contributed by atoms with Gasteiger partial charge in [-0.25, -0.2) is 0 Å². The summed E-state index contributed by atoms with van der Waals surface area (Å²) in [6, 6.07) is 9.16. The molecule has 0 amide bonds. The molecule has 1 heterocycles. The van der Waals surface area contributed by atoms with Crippen LogP contribution in [0.25, 0.3) is 0 Å². The Labute approximate surface area is 179 Å². The van der Waals surface area contributed by atoms with Gasteiger partial charge in [-0.05, 0) is 37.4 Å². The molecule has 0 aliphatic heterocycles. The molecule has 0 saturated heterocycles. The van der Waals surface area contributed by atoms with Gasteiger partial charge in [0.05, 0.1) is 24.5 Å². The van der Waals surface area contributed by atoms with Crippen LogP contribution in [0.15, 0.2) is 52.1 Å². The standard InChI is InChI=1S/C18H23F3N4O2.HI/c1-3-25(4-2)14(16-10-7-11-26-16)12-23-17(22)24-13-8-5-6-9-15(13)27-18(19,20)21;/h5-11,14H,3-4,12H2,1-2H3,(H3,22,23,24);1H. The normalized spacial score (nSPS) is 13.1. The number of rotatable bonds is 8. The van der Waals surface area contributed by atoms with Gasteiger partial charge in [0.2, 0.25) is 0 Å². The van der Waals surface area contributed by atoms with Crippen LogP contribution < -0.4 is 15.8 Å². The summed E-state index contributed by atoms with van der Waals surface area (Å²) in [7, 11) is 0. The van der Waals surface area contributed by atoms with Crippen LogP contribution in [0.5, 0.6) is 5.75 Å². The number of ether oxygens (including phenoxy) is 1. The van der Waals surface area contributed by atoms with Crippen LogP contribution >= 0.6 is 24.0 Å². The first-order valence-corrected chi connectivity index (χ1v) is 8.53. The summed E-state index contributed by atoms with van der Waals surface area (Å²) in [5, 5.41) is 2.66. The van der Waals surface area contributed by atoms with Gasteiger partial charge in [0.1, 0.15) is 5.76 Å². The summed E-state index contributed by atoms with van der Waals surface area (Å²) in [6.07, 6.45) is -3.21. The Balaban J connectivity index is 0.00000392. The Morgan fingerprint density at radius 3 is 2.46 bits per heavy atom. The van der Waals surface area contributed by atoms with Crippen molar-refractivity contribution in [2.75, 3.05) is 25.0 Å². The highest BCUT2D eigenvalue weighted by Gasteiger charge is 2.32. The van der Waals surface area contributed by atoms with Crippen LogP contribution in [0.2, 0.25) is 0 Å². The lowest BCUT2D eigenvalue weighted by atomic mass is 10.2. The molecule has 6 nitrogen and oxygen atoms in total. The Morgan fingerprint density at radius 1 is 1.21 bits per heavy atom. The number of alkyl halides is 3. The van der Waals surface area contributed by atoms with Crippen molar-refractivity contribution in [2.24, 2.45) is 10.7 Å². The molecule has 0 saturated carbocycles. The maximum absolute atomic E-state index is 12.5. The highest BCUT2D eigenvalue weighted by Crippen LogP contribution is 2.29. The summed E-state index contributed by atoms with van der Waals surface area (Å²) in [5.41, 5.74) is 5.95. The van der Waals surface area contributed by atoms with Gasteiger partial charge in [0.25, 0.3) is 0 Å². The summed E-state index contributed by atoms with van der Waals surface area (Å²) < 4.78 is 47.0. The minimum absolute atomic E-state index is 0. The second kappa shape index (κ2) is 11.1. The van der Waals surface area contributed by atoms with Gasteiger partial charge in [0, 0.05) is 0 Å². The molecule has 0 spiro atoms. The topological polar surface area (TPSA) is 76.0 Å². The largest absolute Gasteiger partial charge is 0.573 e. The Kier molecular flexibility index (Phi) is 9.59. The van der Waals surface area contributed by atoms with E-state index >= 15 is 0 Å². The van der Waals surface area contributed by atoms with Gasteiger partial charge in [-0.1, -0.05) is 26.0 Å². The first-order chi connectivity index (χ1) is 12.8. The van der Waals surface area contributed by atoms with E-state index in [2.05, 4.69) is 19.9 Å². The number of guanidine groups is 1. The molecule has 0 bridgehead atoms. The molecular formula is C18H24F3IN4O2. The molecule has 1 atom stereocenters. The number of hydrogen-bond acceptors (Lipinski definition) is 4. The van der Waals surface area contributed by atoms with Crippen molar-refractivity contribution in [3.05, 3.63) is 48.4 Å². The van der Waals surface area contributed by atoms with Crippen molar-refractivity contribution in [3.8, 4) is 5.75 Å². The number of hydrogen-bond donors (Lipinski definition) is 2. The van der Waals surface area contributed by atoms with Gasteiger partial charge < -0.3 is 20.2 Å². The first kappa shape index (κ1) is 24.1. The summed E-state index contributed by atoms with van der Waals surface area (Å²) in [4.78, 5) is 6.42. The van der Waals surface area contributed by atoms with Crippen LogP contribution in [0.1, 0.15) is 25.6 Å². The van der Waals surface area contributed by atoms with E-state index in [-0.39, 0.29) is 54.0 Å². The van der Waals surface area contributed by atoms with E-state index in [4.69, 9.17) is 10.2 Å². The zero-order chi connectivity index (χ0) is 19.9. The summed E-state index contributed by atoms with van der Waals surface area (Å²) >= 11 is 0. The molecule has 0 aliphatic rings. The number of furan rings is 1. The molecule has 1 aromatic heterocycles. The van der Waals surface area contributed by atoms with Crippen molar-refractivity contribution >= 4 is 35.6 Å². The number of anilines is 1. The van der Waals surface area contributed by atoms with E-state index in [1.54, 1.807) is 18.4 Å². The van der Waals surface area contributed by atoms with Gasteiger partial charge in [-0.15, -0.1) is 37.1 Å². The Hall–Kier alpha value is -1.95. The third-order valence-corrected chi connectivity index (χ3v) is 3.93. The highest BCUT2D eigenvalue weighted by atomic mass is 127. The SMILES string of the molecule is CCN(CC)C(CN=C(N)Nc1ccccc1OC(F)(F)F)c1ccco1.I. The number of benzene rings is 1.